The van der Waals surface area contributed by atoms with Gasteiger partial charge in [-0.25, -0.2) is 4.79 Å². The third kappa shape index (κ3) is 4.86. The second-order valence-electron chi connectivity index (χ2n) is 7.16. The van der Waals surface area contributed by atoms with Crippen LogP contribution < -0.4 is 10.6 Å². The Morgan fingerprint density at radius 2 is 2.04 bits per heavy atom. The van der Waals surface area contributed by atoms with Crippen LogP contribution in [0.5, 0.6) is 0 Å². The van der Waals surface area contributed by atoms with Gasteiger partial charge in [0.25, 0.3) is 5.91 Å². The fraction of sp³-hybridized carbons (Fsp3) is 0.550. The molecule has 0 radical (unpaired) electrons. The highest BCUT2D eigenvalue weighted by molar-refractivity contribution is 6.05. The molecule has 2 aliphatic heterocycles. The molecular weight excluding hydrogens is 344 g/mol. The average molecular weight is 372 g/mol. The van der Waals surface area contributed by atoms with E-state index in [9.17, 15) is 14.4 Å². The van der Waals surface area contributed by atoms with Gasteiger partial charge in [0, 0.05) is 19.1 Å². The highest BCUT2D eigenvalue weighted by atomic mass is 16.2. The third-order valence-corrected chi connectivity index (χ3v) is 5.40. The summed E-state index contributed by atoms with van der Waals surface area (Å²) in [6, 6.07) is 8.90. The first-order valence-corrected chi connectivity index (χ1v) is 9.75. The van der Waals surface area contributed by atoms with Crippen molar-refractivity contribution in [3.63, 3.8) is 0 Å². The Labute approximate surface area is 160 Å². The van der Waals surface area contributed by atoms with Gasteiger partial charge in [0.1, 0.15) is 6.04 Å². The second kappa shape index (κ2) is 8.99. The second-order valence-corrected chi connectivity index (χ2v) is 7.16. The average Bonchev–Trinajstić information content (AvgIpc) is 3.23. The molecule has 0 spiro atoms. The summed E-state index contributed by atoms with van der Waals surface area (Å²) in [6.45, 7) is 5.09. The van der Waals surface area contributed by atoms with Crippen LogP contribution in [-0.4, -0.2) is 65.9 Å². The van der Waals surface area contributed by atoms with Gasteiger partial charge in [-0.2, -0.15) is 0 Å². The number of imide groups is 1. The van der Waals surface area contributed by atoms with Crippen molar-refractivity contribution >= 4 is 17.8 Å². The molecule has 1 aromatic carbocycles. The topological polar surface area (TPSA) is 81.8 Å². The van der Waals surface area contributed by atoms with E-state index in [0.717, 1.165) is 31.5 Å². The molecule has 1 unspecified atom stereocenters. The Balaban J connectivity index is 1.45. The van der Waals surface area contributed by atoms with Crippen LogP contribution in [0.3, 0.4) is 0 Å². The van der Waals surface area contributed by atoms with E-state index < -0.39 is 12.1 Å². The lowest BCUT2D eigenvalue weighted by atomic mass is 10.1. The van der Waals surface area contributed by atoms with E-state index in [0.29, 0.717) is 25.6 Å². The summed E-state index contributed by atoms with van der Waals surface area (Å²) in [5.74, 6) is -0.511. The maximum absolute atomic E-state index is 12.5. The third-order valence-electron chi connectivity index (χ3n) is 5.40. The van der Waals surface area contributed by atoms with Crippen LogP contribution in [0.25, 0.3) is 0 Å². The Morgan fingerprint density at radius 3 is 2.78 bits per heavy atom. The van der Waals surface area contributed by atoms with E-state index in [-0.39, 0.29) is 18.2 Å². The fourth-order valence-electron chi connectivity index (χ4n) is 3.84. The van der Waals surface area contributed by atoms with Crippen molar-refractivity contribution in [1.29, 1.82) is 0 Å². The summed E-state index contributed by atoms with van der Waals surface area (Å²) in [7, 11) is 0. The molecule has 2 fully saturated rings. The van der Waals surface area contributed by atoms with Gasteiger partial charge in [-0.3, -0.25) is 19.4 Å². The summed E-state index contributed by atoms with van der Waals surface area (Å²) in [4.78, 5) is 40.4. The largest absolute Gasteiger partial charge is 0.354 e. The Hall–Kier alpha value is -2.41. The highest BCUT2D eigenvalue weighted by Gasteiger charge is 2.38. The van der Waals surface area contributed by atoms with Crippen LogP contribution >= 0.6 is 0 Å². The highest BCUT2D eigenvalue weighted by Crippen LogP contribution is 2.16. The number of hydrogen-bond donors (Lipinski definition) is 2. The molecule has 2 saturated heterocycles. The lowest BCUT2D eigenvalue weighted by Crippen LogP contribution is -2.42. The quantitative estimate of drug-likeness (QED) is 0.671. The molecule has 0 bridgehead atoms. The molecule has 2 atom stereocenters. The predicted molar refractivity (Wildman–Crippen MR) is 102 cm³/mol. The number of likely N-dealkylation sites (tertiary alicyclic amines) is 1. The predicted octanol–water partition coefficient (Wildman–Crippen LogP) is 1.14. The number of carbonyl (C=O) groups excluding carboxylic acids is 3. The van der Waals surface area contributed by atoms with Gasteiger partial charge < -0.3 is 10.6 Å². The number of benzene rings is 1. The zero-order chi connectivity index (χ0) is 19.2. The Morgan fingerprint density at radius 1 is 1.26 bits per heavy atom. The molecular formula is C20H28N4O3. The van der Waals surface area contributed by atoms with Gasteiger partial charge in [0.15, 0.2) is 0 Å². The van der Waals surface area contributed by atoms with Crippen molar-refractivity contribution < 1.29 is 14.4 Å². The van der Waals surface area contributed by atoms with Crippen LogP contribution in [0.15, 0.2) is 30.3 Å². The molecule has 146 valence electrons. The van der Waals surface area contributed by atoms with Crippen LogP contribution in [0.2, 0.25) is 0 Å². The molecule has 2 N–H and O–H groups in total. The first kappa shape index (κ1) is 19.4. The first-order chi connectivity index (χ1) is 13.1. The van der Waals surface area contributed by atoms with Crippen molar-refractivity contribution in [3.05, 3.63) is 35.9 Å². The normalized spacial score (nSPS) is 22.9. The number of nitrogens with one attached hydrogen (secondary N) is 2. The lowest BCUT2D eigenvalue weighted by Gasteiger charge is -2.23. The summed E-state index contributed by atoms with van der Waals surface area (Å²) >= 11 is 0. The van der Waals surface area contributed by atoms with Gasteiger partial charge in [0.2, 0.25) is 5.91 Å². The number of urea groups is 1. The van der Waals surface area contributed by atoms with Gasteiger partial charge in [0.05, 0.1) is 6.42 Å². The minimum atomic E-state index is -0.765. The van der Waals surface area contributed by atoms with Crippen molar-refractivity contribution in [2.45, 2.75) is 44.7 Å². The van der Waals surface area contributed by atoms with E-state index in [1.54, 1.807) is 0 Å². The van der Waals surface area contributed by atoms with E-state index in [4.69, 9.17) is 0 Å². The first-order valence-electron chi connectivity index (χ1n) is 9.75. The molecule has 27 heavy (non-hydrogen) atoms. The van der Waals surface area contributed by atoms with Crippen molar-refractivity contribution in [2.75, 3.05) is 26.2 Å². The van der Waals surface area contributed by atoms with Gasteiger partial charge >= 0.3 is 6.03 Å². The smallest absolute Gasteiger partial charge is 0.324 e. The summed E-state index contributed by atoms with van der Waals surface area (Å²) in [5, 5.41) is 5.56. The Bertz CT molecular complexity index is 679. The zero-order valence-electron chi connectivity index (χ0n) is 15.8. The molecule has 2 aliphatic rings. The van der Waals surface area contributed by atoms with Crippen molar-refractivity contribution in [2.24, 2.45) is 0 Å². The number of nitrogens with zero attached hydrogens (tertiary/aromatic N) is 2. The van der Waals surface area contributed by atoms with Crippen LogP contribution in [-0.2, 0) is 16.0 Å². The monoisotopic (exact) mass is 372 g/mol. The van der Waals surface area contributed by atoms with Gasteiger partial charge in [-0.1, -0.05) is 37.3 Å². The number of amides is 4. The van der Waals surface area contributed by atoms with Gasteiger partial charge in [-0.15, -0.1) is 0 Å². The standard InChI is InChI=1S/C20H28N4O3/c1-2-23-11-6-9-16(23)14-21-18(25)13-17-19(26)24(20(27)22-17)12-10-15-7-4-3-5-8-15/h3-5,7-8,16-17H,2,6,9-14H2,1H3,(H,21,25)(H,22,27)/t16?,17-/m0/s1. The maximum atomic E-state index is 12.5. The molecule has 0 saturated carbocycles. The van der Waals surface area contributed by atoms with Crippen molar-refractivity contribution in [1.82, 2.24) is 20.4 Å². The molecule has 7 heteroatoms. The number of rotatable bonds is 8. The SMILES string of the molecule is CCN1CCCC1CNC(=O)C[C@@H]1NC(=O)N(CCc2ccccc2)C1=O. The lowest BCUT2D eigenvalue weighted by molar-refractivity contribution is -0.130. The molecule has 3 rings (SSSR count). The molecule has 1 aromatic rings. The van der Waals surface area contributed by atoms with E-state index >= 15 is 0 Å². The molecule has 2 heterocycles. The molecule has 7 nitrogen and oxygen atoms in total. The molecule has 0 aromatic heterocycles. The zero-order valence-corrected chi connectivity index (χ0v) is 15.8. The number of likely N-dealkylation sites (N-methyl/N-ethyl adjacent to an activating group) is 1. The van der Waals surface area contributed by atoms with Crippen LogP contribution in [0.1, 0.15) is 31.7 Å². The summed E-state index contributed by atoms with van der Waals surface area (Å²) in [6.07, 6.45) is 2.83. The number of hydrogen-bond acceptors (Lipinski definition) is 4. The maximum Gasteiger partial charge on any atom is 0.324 e. The van der Waals surface area contributed by atoms with Crippen molar-refractivity contribution in [3.8, 4) is 0 Å². The van der Waals surface area contributed by atoms with Gasteiger partial charge in [-0.05, 0) is 37.9 Å². The minimum Gasteiger partial charge on any atom is -0.354 e. The van der Waals surface area contributed by atoms with Crippen LogP contribution in [0.4, 0.5) is 4.79 Å². The van der Waals surface area contributed by atoms with Crippen LogP contribution in [0, 0.1) is 0 Å². The number of carbonyl (C=O) groups is 3. The van der Waals surface area contributed by atoms with E-state index in [1.165, 1.54) is 4.90 Å². The summed E-state index contributed by atoms with van der Waals surface area (Å²) < 4.78 is 0. The Kier molecular flexibility index (Phi) is 6.45. The van der Waals surface area contributed by atoms with E-state index in [2.05, 4.69) is 22.5 Å². The molecule has 0 aliphatic carbocycles. The minimum absolute atomic E-state index is 0.00868. The summed E-state index contributed by atoms with van der Waals surface area (Å²) in [5.41, 5.74) is 1.07. The molecule has 4 amide bonds. The van der Waals surface area contributed by atoms with E-state index in [1.807, 2.05) is 30.3 Å². The fourth-order valence-corrected chi connectivity index (χ4v) is 3.84.